The fourth-order valence-corrected chi connectivity index (χ4v) is 2.69. The third kappa shape index (κ3) is 3.07. The van der Waals surface area contributed by atoms with Crippen molar-refractivity contribution in [2.75, 3.05) is 26.7 Å². The van der Waals surface area contributed by atoms with Crippen molar-refractivity contribution in [3.05, 3.63) is 35.9 Å². The molecule has 17 heavy (non-hydrogen) atoms. The number of hydrogen-bond acceptors (Lipinski definition) is 2. The Hall–Kier alpha value is -1.35. The highest BCUT2D eigenvalue weighted by molar-refractivity contribution is 5.70. The molecule has 0 saturated carbocycles. The molecule has 1 fully saturated rings. The molecule has 0 aliphatic carbocycles. The SMILES string of the molecule is COC(=O)C[N+]1(Cc2ccccc2)CCCC1. The van der Waals surface area contributed by atoms with Gasteiger partial charge in [-0.2, -0.15) is 0 Å². The summed E-state index contributed by atoms with van der Waals surface area (Å²) in [5.74, 6) is -0.0946. The molecule has 1 aliphatic heterocycles. The molecule has 1 saturated heterocycles. The van der Waals surface area contributed by atoms with Crippen molar-refractivity contribution in [2.24, 2.45) is 0 Å². The second-order valence-corrected chi connectivity index (χ2v) is 4.87. The van der Waals surface area contributed by atoms with Gasteiger partial charge in [0.25, 0.3) is 0 Å². The Morgan fingerprint density at radius 3 is 2.47 bits per heavy atom. The highest BCUT2D eigenvalue weighted by Gasteiger charge is 2.34. The number of rotatable bonds is 4. The Bertz CT molecular complexity index is 369. The quantitative estimate of drug-likeness (QED) is 0.588. The first-order chi connectivity index (χ1) is 8.24. The van der Waals surface area contributed by atoms with Crippen LogP contribution >= 0.6 is 0 Å². The van der Waals surface area contributed by atoms with E-state index in [-0.39, 0.29) is 5.97 Å². The molecule has 0 N–H and O–H groups in total. The predicted molar refractivity (Wildman–Crippen MR) is 66.3 cm³/mol. The van der Waals surface area contributed by atoms with E-state index < -0.39 is 0 Å². The predicted octanol–water partition coefficient (Wildman–Crippen LogP) is 1.97. The Labute approximate surface area is 103 Å². The van der Waals surface area contributed by atoms with Crippen LogP contribution in [0.5, 0.6) is 0 Å². The van der Waals surface area contributed by atoms with E-state index >= 15 is 0 Å². The molecule has 0 radical (unpaired) electrons. The maximum atomic E-state index is 11.5. The Balaban J connectivity index is 2.09. The first-order valence-electron chi connectivity index (χ1n) is 6.20. The fourth-order valence-electron chi connectivity index (χ4n) is 2.69. The van der Waals surface area contributed by atoms with E-state index in [1.807, 2.05) is 6.07 Å². The molecule has 0 aromatic heterocycles. The number of carbonyl (C=O) groups is 1. The van der Waals surface area contributed by atoms with Gasteiger partial charge in [0.2, 0.25) is 0 Å². The summed E-state index contributed by atoms with van der Waals surface area (Å²) in [5.41, 5.74) is 1.30. The number of quaternary nitrogens is 1. The van der Waals surface area contributed by atoms with Crippen LogP contribution in [-0.2, 0) is 16.1 Å². The number of carbonyl (C=O) groups excluding carboxylic acids is 1. The van der Waals surface area contributed by atoms with E-state index in [0.717, 1.165) is 24.1 Å². The molecule has 92 valence electrons. The molecule has 1 aromatic carbocycles. The summed E-state index contributed by atoms with van der Waals surface area (Å²) in [6.07, 6.45) is 2.42. The first-order valence-corrected chi connectivity index (χ1v) is 6.20. The molecule has 1 aliphatic rings. The Kier molecular flexibility index (Phi) is 3.79. The summed E-state index contributed by atoms with van der Waals surface area (Å²) in [4.78, 5) is 11.5. The van der Waals surface area contributed by atoms with Crippen molar-refractivity contribution in [3.63, 3.8) is 0 Å². The standard InChI is InChI=1S/C14H20NO2/c1-17-14(16)12-15(9-5-6-10-15)11-13-7-3-2-4-8-13/h2-4,7-8H,5-6,9-12H2,1H3/q+1. The van der Waals surface area contributed by atoms with Crippen LogP contribution in [0.25, 0.3) is 0 Å². The van der Waals surface area contributed by atoms with Crippen molar-refractivity contribution in [3.8, 4) is 0 Å². The molecule has 3 heteroatoms. The number of ether oxygens (including phenoxy) is 1. The van der Waals surface area contributed by atoms with Crippen molar-refractivity contribution < 1.29 is 14.0 Å². The summed E-state index contributed by atoms with van der Waals surface area (Å²) in [6, 6.07) is 10.4. The van der Waals surface area contributed by atoms with Crippen LogP contribution in [0.3, 0.4) is 0 Å². The number of likely N-dealkylation sites (tertiary alicyclic amines) is 1. The number of methoxy groups -OCH3 is 1. The molecular weight excluding hydrogens is 214 g/mol. The molecule has 0 bridgehead atoms. The summed E-state index contributed by atoms with van der Waals surface area (Å²) < 4.78 is 5.68. The zero-order valence-corrected chi connectivity index (χ0v) is 10.4. The molecule has 0 amide bonds. The number of esters is 1. The zero-order chi connectivity index (χ0) is 12.1. The number of nitrogens with zero attached hydrogens (tertiary/aromatic N) is 1. The van der Waals surface area contributed by atoms with Crippen LogP contribution < -0.4 is 0 Å². The van der Waals surface area contributed by atoms with Crippen molar-refractivity contribution in [2.45, 2.75) is 19.4 Å². The van der Waals surface area contributed by atoms with Gasteiger partial charge in [-0.3, -0.25) is 0 Å². The van der Waals surface area contributed by atoms with Gasteiger partial charge in [0.15, 0.2) is 6.54 Å². The molecule has 1 heterocycles. The monoisotopic (exact) mass is 234 g/mol. The minimum atomic E-state index is -0.0946. The molecule has 0 spiro atoms. The van der Waals surface area contributed by atoms with Crippen LogP contribution in [0.2, 0.25) is 0 Å². The van der Waals surface area contributed by atoms with E-state index in [9.17, 15) is 4.79 Å². The summed E-state index contributed by atoms with van der Waals surface area (Å²) in [5, 5.41) is 0. The number of hydrogen-bond donors (Lipinski definition) is 0. The largest absolute Gasteiger partial charge is 0.465 e. The van der Waals surface area contributed by atoms with E-state index in [1.54, 1.807) is 0 Å². The van der Waals surface area contributed by atoms with Gasteiger partial charge >= 0.3 is 5.97 Å². The van der Waals surface area contributed by atoms with Crippen LogP contribution in [0, 0.1) is 0 Å². The van der Waals surface area contributed by atoms with Gasteiger partial charge in [0.1, 0.15) is 6.54 Å². The Morgan fingerprint density at radius 2 is 1.88 bits per heavy atom. The molecule has 2 rings (SSSR count). The minimum Gasteiger partial charge on any atom is -0.465 e. The Morgan fingerprint density at radius 1 is 1.24 bits per heavy atom. The van der Waals surface area contributed by atoms with Crippen LogP contribution in [0.4, 0.5) is 0 Å². The van der Waals surface area contributed by atoms with Crippen molar-refractivity contribution >= 4 is 5.97 Å². The third-order valence-electron chi connectivity index (χ3n) is 3.57. The normalized spacial score (nSPS) is 17.9. The maximum Gasteiger partial charge on any atom is 0.361 e. The van der Waals surface area contributed by atoms with E-state index in [4.69, 9.17) is 4.74 Å². The summed E-state index contributed by atoms with van der Waals surface area (Å²) in [7, 11) is 1.47. The van der Waals surface area contributed by atoms with Gasteiger partial charge < -0.3 is 9.22 Å². The molecule has 0 unspecified atom stereocenters. The zero-order valence-electron chi connectivity index (χ0n) is 10.4. The van der Waals surface area contributed by atoms with E-state index in [0.29, 0.717) is 6.54 Å². The summed E-state index contributed by atoms with van der Waals surface area (Å²) in [6.45, 7) is 3.62. The van der Waals surface area contributed by atoms with Gasteiger partial charge in [-0.05, 0) is 0 Å². The van der Waals surface area contributed by atoms with Gasteiger partial charge in [0.05, 0.1) is 20.2 Å². The second-order valence-electron chi connectivity index (χ2n) is 4.87. The average molecular weight is 234 g/mol. The second kappa shape index (κ2) is 5.32. The van der Waals surface area contributed by atoms with E-state index in [2.05, 4.69) is 24.3 Å². The maximum absolute atomic E-state index is 11.5. The van der Waals surface area contributed by atoms with Gasteiger partial charge in [0, 0.05) is 18.4 Å². The van der Waals surface area contributed by atoms with Gasteiger partial charge in [-0.25, -0.2) is 4.79 Å². The smallest absolute Gasteiger partial charge is 0.361 e. The summed E-state index contributed by atoms with van der Waals surface area (Å²) >= 11 is 0. The molecular formula is C14H20NO2+. The third-order valence-corrected chi connectivity index (χ3v) is 3.57. The van der Waals surface area contributed by atoms with Crippen LogP contribution in [0.1, 0.15) is 18.4 Å². The fraction of sp³-hybridized carbons (Fsp3) is 0.500. The van der Waals surface area contributed by atoms with Crippen LogP contribution in [0.15, 0.2) is 30.3 Å². The van der Waals surface area contributed by atoms with Gasteiger partial charge in [-0.15, -0.1) is 0 Å². The lowest BCUT2D eigenvalue weighted by atomic mass is 10.2. The van der Waals surface area contributed by atoms with Crippen LogP contribution in [-0.4, -0.2) is 37.2 Å². The lowest BCUT2D eigenvalue weighted by Crippen LogP contribution is -2.48. The highest BCUT2D eigenvalue weighted by Crippen LogP contribution is 2.23. The topological polar surface area (TPSA) is 26.3 Å². The highest BCUT2D eigenvalue weighted by atomic mass is 16.5. The molecule has 3 nitrogen and oxygen atoms in total. The molecule has 1 aromatic rings. The minimum absolute atomic E-state index is 0.0946. The first kappa shape index (κ1) is 12.1. The van der Waals surface area contributed by atoms with E-state index in [1.165, 1.54) is 25.5 Å². The molecule has 0 atom stereocenters. The number of benzene rings is 1. The van der Waals surface area contributed by atoms with Crippen molar-refractivity contribution in [1.29, 1.82) is 0 Å². The van der Waals surface area contributed by atoms with Crippen molar-refractivity contribution in [1.82, 2.24) is 0 Å². The average Bonchev–Trinajstić information content (AvgIpc) is 2.78. The van der Waals surface area contributed by atoms with Gasteiger partial charge in [-0.1, -0.05) is 30.3 Å². The lowest BCUT2D eigenvalue weighted by Gasteiger charge is -2.33. The lowest BCUT2D eigenvalue weighted by molar-refractivity contribution is -0.922.